The Kier molecular flexibility index (Phi) is 1.82. The molecule has 2 rings (SSSR count). The van der Waals surface area contributed by atoms with Crippen LogP contribution in [0, 0.1) is 13.8 Å². The van der Waals surface area contributed by atoms with Crippen molar-refractivity contribution in [3.05, 3.63) is 23.3 Å². The topological polar surface area (TPSA) is 41.1 Å². The van der Waals surface area contributed by atoms with Gasteiger partial charge in [-0.1, -0.05) is 0 Å². The minimum absolute atomic E-state index is 0.990. The third-order valence-corrected chi connectivity index (χ3v) is 4.35. The second kappa shape index (κ2) is 2.72. The summed E-state index contributed by atoms with van der Waals surface area (Å²) in [6, 6.07) is 4.08. The Labute approximate surface area is 78.9 Å². The molecule has 0 aromatic heterocycles. The second-order valence-electron chi connectivity index (χ2n) is 2.95. The molecule has 1 heterocycles. The van der Waals surface area contributed by atoms with Crippen LogP contribution in [-0.2, 0) is 3.10 Å². The molecule has 0 fully saturated rings. The molecule has 1 aromatic carbocycles. The van der Waals surface area contributed by atoms with Crippen molar-refractivity contribution in [1.82, 2.24) is 0 Å². The molecular formula is C8H10N2OTe. The van der Waals surface area contributed by atoms with Gasteiger partial charge >= 0.3 is 78.8 Å². The van der Waals surface area contributed by atoms with Crippen LogP contribution in [0.2, 0.25) is 0 Å². The Morgan fingerprint density at radius 3 is 1.92 bits per heavy atom. The summed E-state index contributed by atoms with van der Waals surface area (Å²) in [5.41, 5.74) is 4.45. The summed E-state index contributed by atoms with van der Waals surface area (Å²) in [5, 5.41) is 0. The summed E-state index contributed by atoms with van der Waals surface area (Å²) < 4.78 is 17.1. The van der Waals surface area contributed by atoms with Gasteiger partial charge in [0, 0.05) is 0 Å². The van der Waals surface area contributed by atoms with Gasteiger partial charge in [-0.2, -0.15) is 0 Å². The fraction of sp³-hybridized carbons (Fsp3) is 0.250. The summed E-state index contributed by atoms with van der Waals surface area (Å²) in [7, 11) is 0. The van der Waals surface area contributed by atoms with Gasteiger partial charge in [0.25, 0.3) is 0 Å². The molecule has 0 atom stereocenters. The molecule has 12 heavy (non-hydrogen) atoms. The van der Waals surface area contributed by atoms with Gasteiger partial charge in [-0.05, 0) is 0 Å². The van der Waals surface area contributed by atoms with Crippen molar-refractivity contribution in [3.8, 4) is 0 Å². The average molecular weight is 278 g/mol. The third kappa shape index (κ3) is 1.21. The summed E-state index contributed by atoms with van der Waals surface area (Å²) >= 11 is -2.41. The molecule has 3 nitrogen and oxygen atoms in total. The van der Waals surface area contributed by atoms with Crippen molar-refractivity contribution in [3.63, 3.8) is 0 Å². The van der Waals surface area contributed by atoms with Gasteiger partial charge in [0.15, 0.2) is 0 Å². The van der Waals surface area contributed by atoms with Crippen LogP contribution in [0.5, 0.6) is 0 Å². The van der Waals surface area contributed by atoms with Crippen molar-refractivity contribution in [2.45, 2.75) is 13.8 Å². The van der Waals surface area contributed by atoms with E-state index in [0.717, 1.165) is 11.4 Å². The van der Waals surface area contributed by atoms with Crippen LogP contribution < -0.4 is 7.13 Å². The Morgan fingerprint density at radius 1 is 1.08 bits per heavy atom. The van der Waals surface area contributed by atoms with Crippen molar-refractivity contribution in [2.24, 2.45) is 0 Å². The van der Waals surface area contributed by atoms with E-state index in [4.69, 9.17) is 0 Å². The molecule has 0 saturated carbocycles. The molecule has 0 bridgehead atoms. The standard InChI is InChI=1S/C8H10N2OTe/c1-5-3-7-8(4-6(5)2)10-12(11)9-7/h3-4,9-10H,1-2H3. The average Bonchev–Trinajstić information content (AvgIpc) is 2.30. The first kappa shape index (κ1) is 8.03. The van der Waals surface area contributed by atoms with E-state index in [-0.39, 0.29) is 0 Å². The van der Waals surface area contributed by atoms with Crippen LogP contribution in [0.3, 0.4) is 0 Å². The predicted octanol–water partition coefficient (Wildman–Crippen LogP) is 1.56. The van der Waals surface area contributed by atoms with Crippen LogP contribution in [-0.4, -0.2) is 20.1 Å². The molecular weight excluding hydrogens is 268 g/mol. The van der Waals surface area contributed by atoms with Crippen molar-refractivity contribution in [1.29, 1.82) is 0 Å². The maximum absolute atomic E-state index is 11.2. The van der Waals surface area contributed by atoms with Gasteiger partial charge in [-0.15, -0.1) is 0 Å². The Balaban J connectivity index is 2.55. The number of fused-ring (bicyclic) bond motifs is 1. The number of rotatable bonds is 0. The molecule has 1 aliphatic rings. The molecule has 0 radical (unpaired) electrons. The molecule has 0 spiro atoms. The van der Waals surface area contributed by atoms with Gasteiger partial charge in [-0.25, -0.2) is 0 Å². The minimum atomic E-state index is -2.41. The molecule has 1 aromatic rings. The first-order chi connectivity index (χ1) is 5.66. The van der Waals surface area contributed by atoms with E-state index in [0.29, 0.717) is 0 Å². The van der Waals surface area contributed by atoms with Gasteiger partial charge < -0.3 is 0 Å². The quantitative estimate of drug-likeness (QED) is 0.707. The fourth-order valence-electron chi connectivity index (χ4n) is 1.21. The number of benzene rings is 1. The second-order valence-corrected chi connectivity index (χ2v) is 5.65. The number of nitrogens with one attached hydrogen (secondary N) is 2. The van der Waals surface area contributed by atoms with E-state index in [9.17, 15) is 3.10 Å². The predicted molar refractivity (Wildman–Crippen MR) is 49.6 cm³/mol. The van der Waals surface area contributed by atoms with Crippen LogP contribution in [0.15, 0.2) is 12.1 Å². The molecule has 4 heteroatoms. The van der Waals surface area contributed by atoms with Gasteiger partial charge in [0.1, 0.15) is 0 Å². The molecule has 1 aliphatic heterocycles. The third-order valence-electron chi connectivity index (χ3n) is 2.04. The van der Waals surface area contributed by atoms with Crippen LogP contribution in [0.1, 0.15) is 11.1 Å². The monoisotopic (exact) mass is 280 g/mol. The van der Waals surface area contributed by atoms with E-state index in [1.807, 2.05) is 12.1 Å². The molecule has 0 unspecified atom stereocenters. The van der Waals surface area contributed by atoms with Crippen LogP contribution in [0.25, 0.3) is 0 Å². The SMILES string of the molecule is Cc1cc2c(cc1C)N[Te](=O)N2. The van der Waals surface area contributed by atoms with E-state index in [1.165, 1.54) is 11.1 Å². The molecule has 0 amide bonds. The van der Waals surface area contributed by atoms with E-state index in [2.05, 4.69) is 21.0 Å². The zero-order valence-corrected chi connectivity index (χ0v) is 9.30. The zero-order chi connectivity index (χ0) is 8.72. The number of hydrogen-bond donors (Lipinski definition) is 2. The first-order valence-corrected chi connectivity index (χ1v) is 7.01. The van der Waals surface area contributed by atoms with E-state index >= 15 is 0 Å². The first-order valence-electron chi connectivity index (χ1n) is 3.73. The van der Waals surface area contributed by atoms with Crippen LogP contribution in [0.4, 0.5) is 11.4 Å². The number of anilines is 2. The summed E-state index contributed by atoms with van der Waals surface area (Å²) in [5.74, 6) is 0. The van der Waals surface area contributed by atoms with Gasteiger partial charge in [-0.3, -0.25) is 0 Å². The molecule has 2 N–H and O–H groups in total. The maximum atomic E-state index is 11.2. The Hall–Kier alpha value is -0.590. The Morgan fingerprint density at radius 2 is 1.50 bits per heavy atom. The van der Waals surface area contributed by atoms with Crippen molar-refractivity contribution in [2.75, 3.05) is 7.13 Å². The van der Waals surface area contributed by atoms with Crippen LogP contribution >= 0.6 is 0 Å². The van der Waals surface area contributed by atoms with Crippen molar-refractivity contribution >= 4 is 31.5 Å². The number of hydrogen-bond acceptors (Lipinski definition) is 1. The normalized spacial score (nSPS) is 15.2. The summed E-state index contributed by atoms with van der Waals surface area (Å²) in [6.45, 7) is 4.11. The summed E-state index contributed by atoms with van der Waals surface area (Å²) in [4.78, 5) is 0. The van der Waals surface area contributed by atoms with Gasteiger partial charge in [0.05, 0.1) is 0 Å². The fourth-order valence-corrected chi connectivity index (χ4v) is 3.46. The summed E-state index contributed by atoms with van der Waals surface area (Å²) in [6.07, 6.45) is 0. The Bertz CT molecular complexity index is 329. The zero-order valence-electron chi connectivity index (χ0n) is 6.97. The van der Waals surface area contributed by atoms with E-state index in [1.54, 1.807) is 0 Å². The number of aryl methyl sites for hydroxylation is 2. The van der Waals surface area contributed by atoms with Crippen molar-refractivity contribution < 1.29 is 3.10 Å². The van der Waals surface area contributed by atoms with E-state index < -0.39 is 20.1 Å². The molecule has 64 valence electrons. The van der Waals surface area contributed by atoms with Gasteiger partial charge in [0.2, 0.25) is 0 Å². The molecule has 0 saturated heterocycles. The molecule has 0 aliphatic carbocycles.